The molecule has 8 nitrogen and oxygen atoms in total. The number of amides is 1. The molecule has 0 spiro atoms. The molecule has 1 N–H and O–H groups in total. The summed E-state index contributed by atoms with van der Waals surface area (Å²) in [6, 6.07) is 11.1. The third-order valence-electron chi connectivity index (χ3n) is 3.35. The molecule has 26 heavy (non-hydrogen) atoms. The number of carbonyl (C=O) groups is 1. The molecule has 0 aromatic heterocycles. The first-order chi connectivity index (χ1) is 12.5. The molecule has 0 atom stereocenters. The van der Waals surface area contributed by atoms with E-state index in [0.717, 1.165) is 6.42 Å². The highest BCUT2D eigenvalue weighted by Crippen LogP contribution is 2.27. The second-order valence-electron chi connectivity index (χ2n) is 5.26. The lowest BCUT2D eigenvalue weighted by Crippen LogP contribution is -2.17. The molecule has 0 aliphatic heterocycles. The van der Waals surface area contributed by atoms with Gasteiger partial charge in [-0.25, -0.2) is 5.43 Å². The predicted molar refractivity (Wildman–Crippen MR) is 96.9 cm³/mol. The third kappa shape index (κ3) is 5.04. The van der Waals surface area contributed by atoms with Crippen molar-refractivity contribution in [2.75, 3.05) is 13.7 Å². The van der Waals surface area contributed by atoms with E-state index in [2.05, 4.69) is 10.5 Å². The van der Waals surface area contributed by atoms with Crippen LogP contribution in [0.25, 0.3) is 0 Å². The number of hydrazone groups is 1. The van der Waals surface area contributed by atoms with Crippen molar-refractivity contribution < 1.29 is 19.2 Å². The van der Waals surface area contributed by atoms with Crippen molar-refractivity contribution in [1.82, 2.24) is 5.43 Å². The van der Waals surface area contributed by atoms with Gasteiger partial charge in [0, 0.05) is 17.2 Å². The standard InChI is InChI=1S/C18H19N3O5/c1-3-9-26-17-8-7-13(10-16(17)21(23)24)12-19-20-18(22)14-5-4-6-15(11-14)25-2/h4-8,10-12H,3,9H2,1-2H3,(H,20,22)/b19-12+. The Labute approximate surface area is 150 Å². The molecule has 0 aliphatic rings. The van der Waals surface area contributed by atoms with Crippen LogP contribution in [0.2, 0.25) is 0 Å². The molecule has 0 radical (unpaired) electrons. The van der Waals surface area contributed by atoms with Gasteiger partial charge in [0.1, 0.15) is 5.75 Å². The normalized spacial score (nSPS) is 10.5. The molecule has 0 heterocycles. The summed E-state index contributed by atoms with van der Waals surface area (Å²) in [7, 11) is 1.51. The van der Waals surface area contributed by atoms with Gasteiger partial charge in [-0.05, 0) is 36.8 Å². The van der Waals surface area contributed by atoms with Crippen molar-refractivity contribution in [1.29, 1.82) is 0 Å². The maximum absolute atomic E-state index is 12.0. The fourth-order valence-electron chi connectivity index (χ4n) is 2.09. The highest BCUT2D eigenvalue weighted by atomic mass is 16.6. The van der Waals surface area contributed by atoms with Gasteiger partial charge in [0.15, 0.2) is 5.75 Å². The minimum Gasteiger partial charge on any atom is -0.497 e. The van der Waals surface area contributed by atoms with Crippen LogP contribution in [0.1, 0.15) is 29.3 Å². The Bertz CT molecular complexity index is 820. The fraction of sp³-hybridized carbons (Fsp3) is 0.222. The van der Waals surface area contributed by atoms with Crippen LogP contribution < -0.4 is 14.9 Å². The lowest BCUT2D eigenvalue weighted by atomic mass is 10.2. The molecule has 136 valence electrons. The van der Waals surface area contributed by atoms with Gasteiger partial charge in [0.25, 0.3) is 5.91 Å². The van der Waals surface area contributed by atoms with Crippen molar-refractivity contribution in [2.45, 2.75) is 13.3 Å². The van der Waals surface area contributed by atoms with E-state index in [1.165, 1.54) is 25.5 Å². The van der Waals surface area contributed by atoms with E-state index in [0.29, 0.717) is 23.5 Å². The summed E-state index contributed by atoms with van der Waals surface area (Å²) in [4.78, 5) is 22.7. The van der Waals surface area contributed by atoms with E-state index in [4.69, 9.17) is 9.47 Å². The topological polar surface area (TPSA) is 103 Å². The van der Waals surface area contributed by atoms with Crippen LogP contribution in [0.5, 0.6) is 11.5 Å². The Morgan fingerprint density at radius 1 is 1.31 bits per heavy atom. The molecule has 0 aliphatic carbocycles. The molecule has 0 fully saturated rings. The monoisotopic (exact) mass is 357 g/mol. The average molecular weight is 357 g/mol. The second kappa shape index (κ2) is 9.16. The summed E-state index contributed by atoms with van der Waals surface area (Å²) >= 11 is 0. The van der Waals surface area contributed by atoms with Gasteiger partial charge in [-0.3, -0.25) is 14.9 Å². The number of benzene rings is 2. The van der Waals surface area contributed by atoms with Gasteiger partial charge < -0.3 is 9.47 Å². The minimum absolute atomic E-state index is 0.151. The third-order valence-corrected chi connectivity index (χ3v) is 3.35. The Hall–Kier alpha value is -3.42. The van der Waals surface area contributed by atoms with Gasteiger partial charge in [-0.1, -0.05) is 13.0 Å². The minimum atomic E-state index is -0.517. The van der Waals surface area contributed by atoms with Crippen LogP contribution in [0.15, 0.2) is 47.6 Å². The maximum Gasteiger partial charge on any atom is 0.311 e. The molecular weight excluding hydrogens is 338 g/mol. The number of methoxy groups -OCH3 is 1. The van der Waals surface area contributed by atoms with E-state index in [1.807, 2.05) is 6.92 Å². The van der Waals surface area contributed by atoms with Gasteiger partial charge in [0.05, 0.1) is 24.9 Å². The van der Waals surface area contributed by atoms with Crippen LogP contribution in [-0.4, -0.2) is 30.8 Å². The van der Waals surface area contributed by atoms with Crippen molar-refractivity contribution >= 4 is 17.8 Å². The number of nitrogens with one attached hydrogen (secondary N) is 1. The number of hydrogen-bond donors (Lipinski definition) is 1. The van der Waals surface area contributed by atoms with Crippen molar-refractivity contribution in [3.8, 4) is 11.5 Å². The zero-order valence-electron chi connectivity index (χ0n) is 14.5. The van der Waals surface area contributed by atoms with Crippen LogP contribution in [0, 0.1) is 10.1 Å². The zero-order valence-corrected chi connectivity index (χ0v) is 14.5. The molecule has 2 rings (SSSR count). The maximum atomic E-state index is 12.0. The Balaban J connectivity index is 2.08. The fourth-order valence-corrected chi connectivity index (χ4v) is 2.09. The first-order valence-corrected chi connectivity index (χ1v) is 7.94. The first kappa shape index (κ1) is 18.9. The number of ether oxygens (including phenoxy) is 2. The summed E-state index contributed by atoms with van der Waals surface area (Å²) in [5.74, 6) is 0.340. The summed E-state index contributed by atoms with van der Waals surface area (Å²) < 4.78 is 10.4. The largest absolute Gasteiger partial charge is 0.497 e. The highest BCUT2D eigenvalue weighted by Gasteiger charge is 2.15. The summed E-state index contributed by atoms with van der Waals surface area (Å²) in [6.07, 6.45) is 2.07. The molecule has 0 saturated heterocycles. The smallest absolute Gasteiger partial charge is 0.311 e. The lowest BCUT2D eigenvalue weighted by molar-refractivity contribution is -0.385. The first-order valence-electron chi connectivity index (χ1n) is 7.94. The van der Waals surface area contributed by atoms with Gasteiger partial charge in [-0.15, -0.1) is 0 Å². The van der Waals surface area contributed by atoms with E-state index in [-0.39, 0.29) is 11.4 Å². The highest BCUT2D eigenvalue weighted by molar-refractivity contribution is 5.95. The number of rotatable bonds is 8. The Morgan fingerprint density at radius 3 is 2.81 bits per heavy atom. The van der Waals surface area contributed by atoms with Gasteiger partial charge in [0.2, 0.25) is 0 Å². The van der Waals surface area contributed by atoms with Crippen LogP contribution >= 0.6 is 0 Å². The van der Waals surface area contributed by atoms with Gasteiger partial charge >= 0.3 is 5.69 Å². The number of carbonyl (C=O) groups excluding carboxylic acids is 1. The molecule has 8 heteroatoms. The SMILES string of the molecule is CCCOc1ccc(/C=N/NC(=O)c2cccc(OC)c2)cc1[N+](=O)[O-]. The van der Waals surface area contributed by atoms with Crippen LogP contribution in [-0.2, 0) is 0 Å². The van der Waals surface area contributed by atoms with E-state index >= 15 is 0 Å². The second-order valence-corrected chi connectivity index (χ2v) is 5.26. The zero-order chi connectivity index (χ0) is 18.9. The van der Waals surface area contributed by atoms with E-state index in [9.17, 15) is 14.9 Å². The van der Waals surface area contributed by atoms with E-state index < -0.39 is 10.8 Å². The molecule has 0 bridgehead atoms. The average Bonchev–Trinajstić information content (AvgIpc) is 2.66. The van der Waals surface area contributed by atoms with Crippen LogP contribution in [0.4, 0.5) is 5.69 Å². The summed E-state index contributed by atoms with van der Waals surface area (Å²) in [6.45, 7) is 2.31. The molecular formula is C18H19N3O5. The summed E-state index contributed by atoms with van der Waals surface area (Å²) in [5, 5.41) is 15.0. The Morgan fingerprint density at radius 2 is 2.12 bits per heavy atom. The molecule has 1 amide bonds. The predicted octanol–water partition coefficient (Wildman–Crippen LogP) is 3.16. The number of nitrogens with zero attached hydrogens (tertiary/aromatic N) is 2. The van der Waals surface area contributed by atoms with Crippen molar-refractivity contribution in [2.24, 2.45) is 5.10 Å². The summed E-state index contributed by atoms with van der Waals surface area (Å²) in [5.41, 5.74) is 3.07. The van der Waals surface area contributed by atoms with Crippen molar-refractivity contribution in [3.63, 3.8) is 0 Å². The Kier molecular flexibility index (Phi) is 6.67. The number of hydrogen-bond acceptors (Lipinski definition) is 6. The lowest BCUT2D eigenvalue weighted by Gasteiger charge is -2.06. The molecule has 2 aromatic rings. The molecule has 0 saturated carbocycles. The molecule has 2 aromatic carbocycles. The number of nitro groups is 1. The molecule has 0 unspecified atom stereocenters. The van der Waals surface area contributed by atoms with Crippen LogP contribution in [0.3, 0.4) is 0 Å². The quantitative estimate of drug-likeness (QED) is 0.444. The van der Waals surface area contributed by atoms with Crippen molar-refractivity contribution in [3.05, 3.63) is 63.7 Å². The van der Waals surface area contributed by atoms with E-state index in [1.54, 1.807) is 30.3 Å². The van der Waals surface area contributed by atoms with Gasteiger partial charge in [-0.2, -0.15) is 5.10 Å². The number of nitro benzene ring substituents is 1.